The molecule has 2 atom stereocenters. The van der Waals surface area contributed by atoms with Crippen LogP contribution in [0.25, 0.3) is 0 Å². The molecule has 1 heterocycles. The number of Topliss-reactive ketones (excluding diaryl/α,β-unsaturated/α-hetero) is 1. The summed E-state index contributed by atoms with van der Waals surface area (Å²) in [5.41, 5.74) is 1.84. The van der Waals surface area contributed by atoms with Crippen molar-refractivity contribution in [3.05, 3.63) is 11.8 Å². The van der Waals surface area contributed by atoms with Gasteiger partial charge in [-0.15, -0.1) is 0 Å². The van der Waals surface area contributed by atoms with Crippen molar-refractivity contribution in [2.75, 3.05) is 6.54 Å². The lowest BCUT2D eigenvalue weighted by molar-refractivity contribution is -0.136. The van der Waals surface area contributed by atoms with Crippen molar-refractivity contribution in [3.8, 4) is 6.07 Å². The van der Waals surface area contributed by atoms with Crippen LogP contribution in [0.15, 0.2) is 11.8 Å². The average Bonchev–Trinajstić information content (AvgIpc) is 2.49. The maximum atomic E-state index is 12.1. The maximum absolute atomic E-state index is 12.1. The Morgan fingerprint density at radius 2 is 2.21 bits per heavy atom. The van der Waals surface area contributed by atoms with Crippen molar-refractivity contribution < 1.29 is 14.7 Å². The second kappa shape index (κ2) is 3.81. The minimum absolute atomic E-state index is 0.0688. The number of nitriles is 1. The van der Waals surface area contributed by atoms with Crippen LogP contribution >= 0.6 is 0 Å². The quantitative estimate of drug-likeness (QED) is 0.582. The molecule has 2 unspecified atom stereocenters. The Labute approximate surface area is 111 Å². The van der Waals surface area contributed by atoms with Gasteiger partial charge in [-0.25, -0.2) is 0 Å². The van der Waals surface area contributed by atoms with E-state index in [-0.39, 0.29) is 17.7 Å². The molecule has 2 rings (SSSR count). The molecule has 6 heteroatoms. The molecule has 0 radical (unpaired) electrons. The van der Waals surface area contributed by atoms with Gasteiger partial charge in [-0.2, -0.15) is 5.26 Å². The third-order valence-corrected chi connectivity index (χ3v) is 4.02. The summed E-state index contributed by atoms with van der Waals surface area (Å²) >= 11 is 0. The number of hydrogen-bond acceptors (Lipinski definition) is 5. The maximum Gasteiger partial charge on any atom is 0.247 e. The Morgan fingerprint density at radius 1 is 1.58 bits per heavy atom. The molecule has 1 aliphatic heterocycles. The number of rotatable bonds is 1. The third-order valence-electron chi connectivity index (χ3n) is 4.02. The molecule has 1 amide bonds. The normalized spacial score (nSPS) is 36.9. The van der Waals surface area contributed by atoms with Crippen molar-refractivity contribution >= 4 is 11.7 Å². The lowest BCUT2D eigenvalue weighted by Gasteiger charge is -2.44. The second-order valence-electron chi connectivity index (χ2n) is 6.13. The van der Waals surface area contributed by atoms with Crippen LogP contribution in [-0.4, -0.2) is 28.9 Å². The molecule has 1 saturated heterocycles. The SMILES string of the molecule is CC1(C)CC(O)=CC2(C1)NCC(=O)C2(C#N)C(N)=O. The molecule has 0 saturated carbocycles. The highest BCUT2D eigenvalue weighted by atomic mass is 16.3. The first kappa shape index (κ1) is 13.6. The van der Waals surface area contributed by atoms with E-state index in [2.05, 4.69) is 5.32 Å². The zero-order valence-electron chi connectivity index (χ0n) is 11.0. The van der Waals surface area contributed by atoms with Crippen LogP contribution in [0.3, 0.4) is 0 Å². The molecule has 2 aliphatic rings. The highest BCUT2D eigenvalue weighted by Crippen LogP contribution is 2.50. The van der Waals surface area contributed by atoms with E-state index >= 15 is 0 Å². The van der Waals surface area contributed by atoms with E-state index in [1.807, 2.05) is 13.8 Å². The third kappa shape index (κ3) is 1.65. The molecular formula is C13H17N3O3. The lowest BCUT2D eigenvalue weighted by Crippen LogP contribution is -2.60. The van der Waals surface area contributed by atoms with Crippen molar-refractivity contribution in [3.63, 3.8) is 0 Å². The van der Waals surface area contributed by atoms with E-state index < -0.39 is 22.6 Å². The van der Waals surface area contributed by atoms with Crippen LogP contribution in [0.5, 0.6) is 0 Å². The Morgan fingerprint density at radius 3 is 2.68 bits per heavy atom. The minimum Gasteiger partial charge on any atom is -0.513 e. The summed E-state index contributed by atoms with van der Waals surface area (Å²) in [7, 11) is 0. The molecule has 19 heavy (non-hydrogen) atoms. The summed E-state index contributed by atoms with van der Waals surface area (Å²) in [4.78, 5) is 23.8. The fourth-order valence-electron chi connectivity index (χ4n) is 3.37. The number of nitrogens with zero attached hydrogens (tertiary/aromatic N) is 1. The molecule has 0 aromatic rings. The first-order chi connectivity index (χ1) is 8.69. The largest absolute Gasteiger partial charge is 0.513 e. The number of ketones is 1. The Hall–Kier alpha value is -1.87. The van der Waals surface area contributed by atoms with Crippen LogP contribution in [0.1, 0.15) is 26.7 Å². The van der Waals surface area contributed by atoms with Gasteiger partial charge in [0.25, 0.3) is 0 Å². The predicted molar refractivity (Wildman–Crippen MR) is 66.7 cm³/mol. The smallest absolute Gasteiger partial charge is 0.247 e. The van der Waals surface area contributed by atoms with E-state index in [1.165, 1.54) is 6.08 Å². The summed E-state index contributed by atoms with van der Waals surface area (Å²) < 4.78 is 0. The number of carbonyl (C=O) groups is 2. The van der Waals surface area contributed by atoms with Gasteiger partial charge in [0.1, 0.15) is 0 Å². The van der Waals surface area contributed by atoms with Crippen molar-refractivity contribution in [2.45, 2.75) is 32.2 Å². The molecule has 0 bridgehead atoms. The van der Waals surface area contributed by atoms with Gasteiger partial charge >= 0.3 is 0 Å². The van der Waals surface area contributed by atoms with E-state index in [0.717, 1.165) is 0 Å². The Balaban J connectivity index is 2.66. The van der Waals surface area contributed by atoms with Crippen molar-refractivity contribution in [1.82, 2.24) is 5.32 Å². The number of carbonyl (C=O) groups excluding carboxylic acids is 2. The Kier molecular flexibility index (Phi) is 2.72. The minimum atomic E-state index is -1.95. The summed E-state index contributed by atoms with van der Waals surface area (Å²) in [6.45, 7) is 3.72. The number of nitrogens with two attached hydrogens (primary N) is 1. The van der Waals surface area contributed by atoms with E-state index in [4.69, 9.17) is 5.73 Å². The van der Waals surface area contributed by atoms with Gasteiger partial charge in [0.2, 0.25) is 11.3 Å². The van der Waals surface area contributed by atoms with Gasteiger partial charge in [0.05, 0.1) is 23.9 Å². The molecule has 1 spiro atoms. The topological polar surface area (TPSA) is 116 Å². The first-order valence-electron chi connectivity index (χ1n) is 6.09. The average molecular weight is 263 g/mol. The van der Waals surface area contributed by atoms with Gasteiger partial charge < -0.3 is 10.8 Å². The Bertz CT molecular complexity index is 532. The van der Waals surface area contributed by atoms with Crippen LogP contribution < -0.4 is 11.1 Å². The molecular weight excluding hydrogens is 246 g/mol. The van der Waals surface area contributed by atoms with E-state index in [0.29, 0.717) is 12.8 Å². The number of hydrogen-bond donors (Lipinski definition) is 3. The van der Waals surface area contributed by atoms with Gasteiger partial charge in [-0.3, -0.25) is 14.9 Å². The standard InChI is InChI=1S/C13H17N3O3/c1-11(2)3-8(17)4-12(6-11)13(7-14,10(15)19)9(18)5-16-12/h4,16-17H,3,5-6H2,1-2H3,(H2,15,19). The van der Waals surface area contributed by atoms with Gasteiger partial charge in [-0.05, 0) is 17.9 Å². The number of aliphatic hydroxyl groups is 1. The van der Waals surface area contributed by atoms with Crippen molar-refractivity contribution in [2.24, 2.45) is 16.6 Å². The monoisotopic (exact) mass is 263 g/mol. The van der Waals surface area contributed by atoms with Crippen LogP contribution in [-0.2, 0) is 9.59 Å². The van der Waals surface area contributed by atoms with Crippen LogP contribution in [0.4, 0.5) is 0 Å². The number of amides is 1. The number of primary amides is 1. The fourth-order valence-corrected chi connectivity index (χ4v) is 3.37. The molecule has 4 N–H and O–H groups in total. The highest BCUT2D eigenvalue weighted by molar-refractivity contribution is 6.13. The first-order valence-corrected chi connectivity index (χ1v) is 6.09. The summed E-state index contributed by atoms with van der Waals surface area (Å²) in [5, 5.41) is 22.2. The summed E-state index contributed by atoms with van der Waals surface area (Å²) in [5.74, 6) is -1.43. The highest BCUT2D eigenvalue weighted by Gasteiger charge is 2.66. The number of nitrogens with one attached hydrogen (secondary N) is 1. The second-order valence-corrected chi connectivity index (χ2v) is 6.13. The number of allylic oxidation sites excluding steroid dienone is 1. The van der Waals surface area contributed by atoms with Gasteiger partial charge in [0, 0.05) is 6.42 Å². The van der Waals surface area contributed by atoms with Crippen LogP contribution in [0.2, 0.25) is 0 Å². The van der Waals surface area contributed by atoms with Gasteiger partial charge in [0.15, 0.2) is 5.78 Å². The predicted octanol–water partition coefficient (Wildman–Crippen LogP) is 0.155. The molecule has 1 aliphatic carbocycles. The van der Waals surface area contributed by atoms with Crippen molar-refractivity contribution in [1.29, 1.82) is 5.26 Å². The molecule has 1 fully saturated rings. The van der Waals surface area contributed by atoms with Gasteiger partial charge in [-0.1, -0.05) is 13.8 Å². The molecule has 6 nitrogen and oxygen atoms in total. The zero-order chi connectivity index (χ0) is 14.5. The van der Waals surface area contributed by atoms with E-state index in [9.17, 15) is 20.0 Å². The lowest BCUT2D eigenvalue weighted by atomic mass is 9.60. The number of aliphatic hydroxyl groups excluding tert-OH is 1. The van der Waals surface area contributed by atoms with E-state index in [1.54, 1.807) is 6.07 Å². The zero-order valence-corrected chi connectivity index (χ0v) is 11.0. The van der Waals surface area contributed by atoms with Crippen LogP contribution in [0, 0.1) is 22.2 Å². The summed E-state index contributed by atoms with van der Waals surface area (Å²) in [6.07, 6.45) is 2.23. The molecule has 0 aromatic heterocycles. The summed E-state index contributed by atoms with van der Waals surface area (Å²) in [6, 6.07) is 1.80. The molecule has 0 aromatic carbocycles. The fraction of sp³-hybridized carbons (Fsp3) is 0.615. The molecule has 102 valence electrons.